The fourth-order valence-electron chi connectivity index (χ4n) is 2.09. The summed E-state index contributed by atoms with van der Waals surface area (Å²) in [5.41, 5.74) is 1.99. The minimum atomic E-state index is -0.766. The Labute approximate surface area is 145 Å². The molecule has 2 rings (SSSR count). The number of hydrogen-bond acceptors (Lipinski definition) is 4. The largest absolute Gasteiger partial charge is 0.508 e. The molecule has 0 spiro atoms. The maximum Gasteiger partial charge on any atom is 0.313 e. The van der Waals surface area contributed by atoms with E-state index < -0.39 is 11.8 Å². The number of carbonyl (C=O) groups is 3. The third-order valence-corrected chi connectivity index (χ3v) is 3.30. The first kappa shape index (κ1) is 18.0. The van der Waals surface area contributed by atoms with E-state index in [1.807, 2.05) is 0 Å². The van der Waals surface area contributed by atoms with Gasteiger partial charge in [-0.1, -0.05) is 12.1 Å². The molecule has 0 atom stereocenters. The average Bonchev–Trinajstić information content (AvgIpc) is 2.58. The fourth-order valence-corrected chi connectivity index (χ4v) is 2.09. The van der Waals surface area contributed by atoms with E-state index in [1.165, 1.54) is 6.92 Å². The predicted molar refractivity (Wildman–Crippen MR) is 94.2 cm³/mol. The van der Waals surface area contributed by atoms with Gasteiger partial charge in [0.1, 0.15) is 5.75 Å². The Balaban J connectivity index is 1.78. The molecule has 0 saturated heterocycles. The van der Waals surface area contributed by atoms with Crippen molar-refractivity contribution < 1.29 is 19.5 Å². The van der Waals surface area contributed by atoms with Crippen LogP contribution in [0.25, 0.3) is 0 Å². The van der Waals surface area contributed by atoms with Crippen LogP contribution in [-0.4, -0.2) is 29.4 Å². The van der Waals surface area contributed by atoms with Gasteiger partial charge in [0, 0.05) is 24.8 Å². The van der Waals surface area contributed by atoms with Crippen molar-refractivity contribution in [2.75, 3.05) is 17.2 Å². The first-order valence-corrected chi connectivity index (χ1v) is 7.69. The van der Waals surface area contributed by atoms with E-state index in [-0.39, 0.29) is 11.7 Å². The molecule has 0 bridgehead atoms. The number of phenolic OH excluding ortho intramolecular Hbond substituents is 1. The van der Waals surface area contributed by atoms with Crippen LogP contribution in [0.3, 0.4) is 0 Å². The van der Waals surface area contributed by atoms with Crippen LogP contribution in [0.5, 0.6) is 5.75 Å². The van der Waals surface area contributed by atoms with Crippen LogP contribution >= 0.6 is 0 Å². The number of carbonyl (C=O) groups excluding carboxylic acids is 3. The second-order valence-corrected chi connectivity index (χ2v) is 5.39. The SMILES string of the molecule is CC(=O)Nc1ccc(NC(=O)C(=O)NCCc2ccc(O)cc2)cc1. The molecule has 3 amide bonds. The van der Waals surface area contributed by atoms with Crippen LogP contribution in [0.4, 0.5) is 11.4 Å². The van der Waals surface area contributed by atoms with Crippen LogP contribution in [0, 0.1) is 0 Å². The highest BCUT2D eigenvalue weighted by atomic mass is 16.3. The highest BCUT2D eigenvalue weighted by molar-refractivity contribution is 6.39. The highest BCUT2D eigenvalue weighted by Gasteiger charge is 2.13. The van der Waals surface area contributed by atoms with E-state index in [4.69, 9.17) is 0 Å². The molecule has 130 valence electrons. The smallest absolute Gasteiger partial charge is 0.313 e. The summed E-state index contributed by atoms with van der Waals surface area (Å²) in [5, 5.41) is 16.8. The predicted octanol–water partition coefficient (Wildman–Crippen LogP) is 1.65. The topological polar surface area (TPSA) is 108 Å². The second kappa shape index (κ2) is 8.49. The summed E-state index contributed by atoms with van der Waals surface area (Å²) in [6, 6.07) is 13.1. The van der Waals surface area contributed by atoms with Crippen LogP contribution in [-0.2, 0) is 20.8 Å². The van der Waals surface area contributed by atoms with Crippen molar-refractivity contribution in [1.82, 2.24) is 5.32 Å². The van der Waals surface area contributed by atoms with E-state index in [1.54, 1.807) is 48.5 Å². The Morgan fingerprint density at radius 3 is 1.96 bits per heavy atom. The number of rotatable bonds is 5. The Bertz CT molecular complexity index is 755. The first-order valence-electron chi connectivity index (χ1n) is 7.69. The van der Waals surface area contributed by atoms with E-state index in [0.717, 1.165) is 5.56 Å². The molecule has 4 N–H and O–H groups in total. The lowest BCUT2D eigenvalue weighted by molar-refractivity contribution is -0.136. The van der Waals surface area contributed by atoms with Gasteiger partial charge in [0.15, 0.2) is 0 Å². The molecule has 0 saturated carbocycles. The van der Waals surface area contributed by atoms with E-state index in [9.17, 15) is 19.5 Å². The lowest BCUT2D eigenvalue weighted by Gasteiger charge is -2.08. The van der Waals surface area contributed by atoms with Gasteiger partial charge in [-0.05, 0) is 48.4 Å². The number of amides is 3. The summed E-state index contributed by atoms with van der Waals surface area (Å²) in [7, 11) is 0. The Morgan fingerprint density at radius 2 is 1.40 bits per heavy atom. The number of hydrogen-bond donors (Lipinski definition) is 4. The summed E-state index contributed by atoms with van der Waals surface area (Å²) < 4.78 is 0. The minimum Gasteiger partial charge on any atom is -0.508 e. The van der Waals surface area contributed by atoms with Crippen LogP contribution in [0.2, 0.25) is 0 Å². The van der Waals surface area contributed by atoms with Gasteiger partial charge in [0.25, 0.3) is 0 Å². The van der Waals surface area contributed by atoms with Gasteiger partial charge < -0.3 is 21.1 Å². The van der Waals surface area contributed by atoms with Crippen molar-refractivity contribution in [2.45, 2.75) is 13.3 Å². The van der Waals surface area contributed by atoms with Crippen molar-refractivity contribution in [1.29, 1.82) is 0 Å². The first-order chi connectivity index (χ1) is 11.9. The molecule has 0 aliphatic rings. The van der Waals surface area contributed by atoms with Gasteiger partial charge in [-0.25, -0.2) is 0 Å². The number of phenols is 1. The highest BCUT2D eigenvalue weighted by Crippen LogP contribution is 2.13. The number of nitrogens with one attached hydrogen (secondary N) is 3. The Kier molecular flexibility index (Phi) is 6.11. The standard InChI is InChI=1S/C18H19N3O4/c1-12(22)20-14-4-6-15(7-5-14)21-18(25)17(24)19-11-10-13-2-8-16(23)9-3-13/h2-9,23H,10-11H2,1H3,(H,19,24)(H,20,22)(H,21,25). The molecule has 0 fully saturated rings. The van der Waals surface area contributed by atoms with Crippen molar-refractivity contribution in [3.05, 3.63) is 54.1 Å². The molecule has 0 radical (unpaired) electrons. The second-order valence-electron chi connectivity index (χ2n) is 5.39. The van der Waals surface area contributed by atoms with Gasteiger partial charge in [-0.2, -0.15) is 0 Å². The third kappa shape index (κ3) is 5.98. The third-order valence-electron chi connectivity index (χ3n) is 3.30. The van der Waals surface area contributed by atoms with Gasteiger partial charge in [0.2, 0.25) is 5.91 Å². The number of anilines is 2. The van der Waals surface area contributed by atoms with Gasteiger partial charge in [0.05, 0.1) is 0 Å². The summed E-state index contributed by atoms with van der Waals surface area (Å²) >= 11 is 0. The lowest BCUT2D eigenvalue weighted by Crippen LogP contribution is -2.36. The van der Waals surface area contributed by atoms with Gasteiger partial charge in [-0.3, -0.25) is 14.4 Å². The van der Waals surface area contributed by atoms with Crippen molar-refractivity contribution in [3.63, 3.8) is 0 Å². The molecule has 2 aromatic carbocycles. The Morgan fingerprint density at radius 1 is 0.840 bits per heavy atom. The molecular weight excluding hydrogens is 322 g/mol. The van der Waals surface area contributed by atoms with Crippen molar-refractivity contribution in [2.24, 2.45) is 0 Å². The molecule has 0 aliphatic carbocycles. The molecule has 2 aromatic rings. The number of aromatic hydroxyl groups is 1. The zero-order valence-corrected chi connectivity index (χ0v) is 13.7. The van der Waals surface area contributed by atoms with E-state index >= 15 is 0 Å². The lowest BCUT2D eigenvalue weighted by atomic mass is 10.1. The quantitative estimate of drug-likeness (QED) is 0.620. The molecule has 0 unspecified atom stereocenters. The molecule has 0 aromatic heterocycles. The summed E-state index contributed by atoms with van der Waals surface area (Å²) in [5.74, 6) is -1.51. The van der Waals surface area contributed by atoms with Crippen LogP contribution in [0.15, 0.2) is 48.5 Å². The van der Waals surface area contributed by atoms with E-state index in [2.05, 4.69) is 16.0 Å². The summed E-state index contributed by atoms with van der Waals surface area (Å²) in [4.78, 5) is 34.6. The average molecular weight is 341 g/mol. The maximum atomic E-state index is 11.8. The Hall–Kier alpha value is -3.35. The van der Waals surface area contributed by atoms with Crippen molar-refractivity contribution in [3.8, 4) is 5.75 Å². The maximum absolute atomic E-state index is 11.8. The number of benzene rings is 2. The zero-order valence-electron chi connectivity index (χ0n) is 13.7. The minimum absolute atomic E-state index is 0.177. The van der Waals surface area contributed by atoms with Crippen LogP contribution < -0.4 is 16.0 Å². The zero-order chi connectivity index (χ0) is 18.2. The van der Waals surface area contributed by atoms with Gasteiger partial charge in [-0.15, -0.1) is 0 Å². The molecule has 0 heterocycles. The molecular formula is C18H19N3O4. The molecule has 7 nitrogen and oxygen atoms in total. The molecule has 0 aliphatic heterocycles. The molecule has 7 heteroatoms. The van der Waals surface area contributed by atoms with E-state index in [0.29, 0.717) is 24.3 Å². The van der Waals surface area contributed by atoms with Gasteiger partial charge >= 0.3 is 11.8 Å². The van der Waals surface area contributed by atoms with Crippen LogP contribution in [0.1, 0.15) is 12.5 Å². The normalized spacial score (nSPS) is 9.96. The summed E-state index contributed by atoms with van der Waals surface area (Å²) in [6.07, 6.45) is 0.546. The monoisotopic (exact) mass is 341 g/mol. The summed E-state index contributed by atoms with van der Waals surface area (Å²) in [6.45, 7) is 1.71. The molecule has 25 heavy (non-hydrogen) atoms. The fraction of sp³-hybridized carbons (Fsp3) is 0.167. The van der Waals surface area contributed by atoms with Crippen molar-refractivity contribution >= 4 is 29.1 Å².